The Morgan fingerprint density at radius 2 is 2.20 bits per heavy atom. The second-order valence-corrected chi connectivity index (χ2v) is 5.78. The smallest absolute Gasteiger partial charge is 0.244 e. The minimum absolute atomic E-state index is 0.396. The molecule has 2 aromatic rings. The molecule has 2 atom stereocenters. The minimum Gasteiger partial charge on any atom is -0.337 e. The molecule has 1 aromatic carbocycles. The summed E-state index contributed by atoms with van der Waals surface area (Å²) in [5.74, 6) is 2.25. The normalized spacial score (nSPS) is 25.1. The van der Waals surface area contributed by atoms with Gasteiger partial charge in [-0.05, 0) is 24.5 Å². The van der Waals surface area contributed by atoms with Gasteiger partial charge in [-0.2, -0.15) is 4.98 Å². The Hall–Kier alpha value is -1.88. The van der Waals surface area contributed by atoms with Crippen molar-refractivity contribution in [2.45, 2.75) is 25.3 Å². The maximum atomic E-state index is 4.72. The average Bonchev–Trinajstić information content (AvgIpc) is 2.90. The number of hydrogen-bond donors (Lipinski definition) is 2. The van der Waals surface area contributed by atoms with Crippen LogP contribution in [-0.4, -0.2) is 40.9 Å². The second kappa shape index (κ2) is 4.59. The number of fused-ring (bicyclic) bond motifs is 1. The zero-order chi connectivity index (χ0) is 13.5. The van der Waals surface area contributed by atoms with E-state index < -0.39 is 0 Å². The van der Waals surface area contributed by atoms with Gasteiger partial charge in [-0.3, -0.25) is 5.10 Å². The molecule has 2 N–H and O–H groups in total. The quantitative estimate of drug-likeness (QED) is 0.862. The molecule has 0 radical (unpaired) electrons. The van der Waals surface area contributed by atoms with Gasteiger partial charge in [0.25, 0.3) is 0 Å². The summed E-state index contributed by atoms with van der Waals surface area (Å²) < 4.78 is 0. The van der Waals surface area contributed by atoms with Gasteiger partial charge in [0.05, 0.1) is 0 Å². The Kier molecular flexibility index (Phi) is 2.73. The zero-order valence-electron chi connectivity index (χ0n) is 11.6. The van der Waals surface area contributed by atoms with E-state index in [4.69, 9.17) is 4.98 Å². The third kappa shape index (κ3) is 1.89. The third-order valence-corrected chi connectivity index (χ3v) is 4.33. The number of aromatic amines is 1. The summed E-state index contributed by atoms with van der Waals surface area (Å²) >= 11 is 0. The van der Waals surface area contributed by atoms with Crippen molar-refractivity contribution in [2.24, 2.45) is 0 Å². The van der Waals surface area contributed by atoms with Gasteiger partial charge in [0.2, 0.25) is 5.95 Å². The van der Waals surface area contributed by atoms with Gasteiger partial charge >= 0.3 is 0 Å². The van der Waals surface area contributed by atoms with E-state index in [0.717, 1.165) is 37.8 Å². The lowest BCUT2D eigenvalue weighted by Crippen LogP contribution is -2.49. The lowest BCUT2D eigenvalue weighted by molar-refractivity contribution is 0.479. The van der Waals surface area contributed by atoms with Crippen molar-refractivity contribution in [2.75, 3.05) is 24.5 Å². The fourth-order valence-corrected chi connectivity index (χ4v) is 3.18. The predicted octanol–water partition coefficient (Wildman–Crippen LogP) is 1.29. The van der Waals surface area contributed by atoms with Gasteiger partial charge in [0, 0.05) is 31.6 Å². The number of anilines is 1. The molecule has 0 spiro atoms. The highest BCUT2D eigenvalue weighted by Crippen LogP contribution is 2.38. The van der Waals surface area contributed by atoms with Crippen LogP contribution in [0.15, 0.2) is 24.3 Å². The molecule has 5 heteroatoms. The van der Waals surface area contributed by atoms with Gasteiger partial charge in [0.1, 0.15) is 5.82 Å². The van der Waals surface area contributed by atoms with Gasteiger partial charge in [-0.25, -0.2) is 0 Å². The van der Waals surface area contributed by atoms with Gasteiger partial charge in [-0.15, -0.1) is 5.10 Å². The molecule has 1 fully saturated rings. The molecular formula is C15H19N5. The van der Waals surface area contributed by atoms with Crippen LogP contribution in [0, 0.1) is 0 Å². The molecule has 0 saturated carbocycles. The molecular weight excluding hydrogens is 250 g/mol. The van der Waals surface area contributed by atoms with Crippen LogP contribution < -0.4 is 10.2 Å². The van der Waals surface area contributed by atoms with Gasteiger partial charge in [0.15, 0.2) is 0 Å². The topological polar surface area (TPSA) is 56.8 Å². The highest BCUT2D eigenvalue weighted by molar-refractivity contribution is 5.45. The summed E-state index contributed by atoms with van der Waals surface area (Å²) in [4.78, 5) is 6.98. The maximum absolute atomic E-state index is 4.72. The second-order valence-electron chi connectivity index (χ2n) is 5.78. The molecule has 2 aliphatic rings. The highest BCUT2D eigenvalue weighted by Gasteiger charge is 2.30. The predicted molar refractivity (Wildman–Crippen MR) is 78.0 cm³/mol. The van der Waals surface area contributed by atoms with E-state index in [1.807, 2.05) is 0 Å². The van der Waals surface area contributed by atoms with E-state index in [0.29, 0.717) is 12.0 Å². The van der Waals surface area contributed by atoms with Crippen LogP contribution in [0.5, 0.6) is 0 Å². The molecule has 0 amide bonds. The van der Waals surface area contributed by atoms with Crippen molar-refractivity contribution in [1.82, 2.24) is 20.5 Å². The van der Waals surface area contributed by atoms with Crippen molar-refractivity contribution < 1.29 is 0 Å². The SMILES string of the molecule is CC1CN(c2n[nH]c(C3Cc4ccccc43)n2)CCN1. The number of hydrogen-bond acceptors (Lipinski definition) is 4. The molecule has 5 nitrogen and oxygen atoms in total. The summed E-state index contributed by atoms with van der Waals surface area (Å²) in [5, 5.41) is 11.0. The number of aromatic nitrogens is 3. The molecule has 1 aromatic heterocycles. The summed E-state index contributed by atoms with van der Waals surface area (Å²) in [6.07, 6.45) is 1.07. The maximum Gasteiger partial charge on any atom is 0.244 e. The van der Waals surface area contributed by atoms with E-state index in [1.54, 1.807) is 0 Å². The van der Waals surface area contributed by atoms with Crippen LogP contribution in [0.25, 0.3) is 0 Å². The Labute approximate surface area is 118 Å². The molecule has 4 rings (SSSR count). The Morgan fingerprint density at radius 1 is 1.30 bits per heavy atom. The number of nitrogens with zero attached hydrogens (tertiary/aromatic N) is 3. The average molecular weight is 269 g/mol. The summed E-state index contributed by atoms with van der Waals surface area (Å²) in [6, 6.07) is 9.08. The largest absolute Gasteiger partial charge is 0.337 e. The summed E-state index contributed by atoms with van der Waals surface area (Å²) in [6.45, 7) is 5.14. The number of piperazine rings is 1. The first-order valence-corrected chi connectivity index (χ1v) is 7.29. The number of benzene rings is 1. The minimum atomic E-state index is 0.396. The summed E-state index contributed by atoms with van der Waals surface area (Å²) in [7, 11) is 0. The fraction of sp³-hybridized carbons (Fsp3) is 0.467. The van der Waals surface area contributed by atoms with E-state index in [-0.39, 0.29) is 0 Å². The van der Waals surface area contributed by atoms with Gasteiger partial charge < -0.3 is 10.2 Å². The first-order chi connectivity index (χ1) is 9.81. The van der Waals surface area contributed by atoms with Crippen molar-refractivity contribution in [3.8, 4) is 0 Å². The molecule has 20 heavy (non-hydrogen) atoms. The van der Waals surface area contributed by atoms with Crippen molar-refractivity contribution in [3.63, 3.8) is 0 Å². The van der Waals surface area contributed by atoms with E-state index >= 15 is 0 Å². The number of rotatable bonds is 2. The first kappa shape index (κ1) is 11.9. The lowest BCUT2D eigenvalue weighted by atomic mass is 9.77. The summed E-state index contributed by atoms with van der Waals surface area (Å²) in [5.41, 5.74) is 2.83. The monoisotopic (exact) mass is 269 g/mol. The fourth-order valence-electron chi connectivity index (χ4n) is 3.18. The van der Waals surface area contributed by atoms with Crippen LogP contribution >= 0.6 is 0 Å². The van der Waals surface area contributed by atoms with Crippen LogP contribution in [0.1, 0.15) is 29.8 Å². The van der Waals surface area contributed by atoms with Crippen LogP contribution in [0.4, 0.5) is 5.95 Å². The lowest BCUT2D eigenvalue weighted by Gasteiger charge is -2.31. The van der Waals surface area contributed by atoms with Crippen LogP contribution in [0.3, 0.4) is 0 Å². The van der Waals surface area contributed by atoms with E-state index in [1.165, 1.54) is 11.1 Å². The van der Waals surface area contributed by atoms with Crippen molar-refractivity contribution >= 4 is 5.95 Å². The molecule has 0 bridgehead atoms. The highest BCUT2D eigenvalue weighted by atomic mass is 15.4. The molecule has 2 heterocycles. The third-order valence-electron chi connectivity index (χ3n) is 4.33. The molecule has 2 unspecified atom stereocenters. The van der Waals surface area contributed by atoms with Crippen molar-refractivity contribution in [1.29, 1.82) is 0 Å². The van der Waals surface area contributed by atoms with E-state index in [2.05, 4.69) is 51.6 Å². The van der Waals surface area contributed by atoms with Crippen molar-refractivity contribution in [3.05, 3.63) is 41.2 Å². The molecule has 1 aliphatic carbocycles. The molecule has 1 saturated heterocycles. The standard InChI is InChI=1S/C15H19N5/c1-10-9-20(7-6-16-10)15-17-14(18-19-15)13-8-11-4-2-3-5-12(11)13/h2-5,10,13,16H,6-9H2,1H3,(H,17,18,19). The Balaban J connectivity index is 1.55. The number of nitrogens with one attached hydrogen (secondary N) is 2. The zero-order valence-corrected chi connectivity index (χ0v) is 11.6. The van der Waals surface area contributed by atoms with E-state index in [9.17, 15) is 0 Å². The van der Waals surface area contributed by atoms with Gasteiger partial charge in [-0.1, -0.05) is 24.3 Å². The van der Waals surface area contributed by atoms with Crippen LogP contribution in [-0.2, 0) is 6.42 Å². The Bertz CT molecular complexity index is 620. The molecule has 1 aliphatic heterocycles. The Morgan fingerprint density at radius 3 is 3.05 bits per heavy atom. The first-order valence-electron chi connectivity index (χ1n) is 7.29. The number of H-pyrrole nitrogens is 1. The molecule has 104 valence electrons. The van der Waals surface area contributed by atoms with Crippen LogP contribution in [0.2, 0.25) is 0 Å².